The van der Waals surface area contributed by atoms with Gasteiger partial charge in [0.1, 0.15) is 5.82 Å². The van der Waals surface area contributed by atoms with Crippen molar-refractivity contribution in [2.45, 2.75) is 37.8 Å². The van der Waals surface area contributed by atoms with Crippen molar-refractivity contribution in [3.63, 3.8) is 0 Å². The molecule has 3 atom stereocenters. The van der Waals surface area contributed by atoms with Crippen molar-refractivity contribution in [3.8, 4) is 0 Å². The molecule has 2 aliphatic heterocycles. The monoisotopic (exact) mass is 245 g/mol. The van der Waals surface area contributed by atoms with Gasteiger partial charge in [-0.15, -0.1) is 0 Å². The second-order valence-corrected chi connectivity index (χ2v) is 5.66. The molecule has 2 heteroatoms. The van der Waals surface area contributed by atoms with Crippen molar-refractivity contribution in [2.75, 3.05) is 7.05 Å². The summed E-state index contributed by atoms with van der Waals surface area (Å²) in [5.74, 6) is 0.503. The van der Waals surface area contributed by atoms with Gasteiger partial charge in [0.15, 0.2) is 0 Å². The highest BCUT2D eigenvalue weighted by Gasteiger charge is 2.37. The van der Waals surface area contributed by atoms with E-state index in [9.17, 15) is 4.39 Å². The maximum Gasteiger partial charge on any atom is 0.130 e. The fraction of sp³-hybridized carbons (Fsp3) is 0.500. The molecule has 0 aliphatic carbocycles. The topological polar surface area (TPSA) is 3.24 Å². The van der Waals surface area contributed by atoms with Gasteiger partial charge in [-0.25, -0.2) is 4.39 Å². The minimum Gasteiger partial charge on any atom is -0.300 e. The maximum atomic E-state index is 13.5. The molecule has 2 saturated heterocycles. The highest BCUT2D eigenvalue weighted by molar-refractivity contribution is 5.50. The lowest BCUT2D eigenvalue weighted by molar-refractivity contribution is 0.152. The zero-order valence-electron chi connectivity index (χ0n) is 10.8. The van der Waals surface area contributed by atoms with Crippen LogP contribution < -0.4 is 0 Å². The van der Waals surface area contributed by atoms with Crippen LogP contribution in [-0.4, -0.2) is 24.0 Å². The summed E-state index contributed by atoms with van der Waals surface area (Å²) < 4.78 is 13.5. The van der Waals surface area contributed by atoms with E-state index in [4.69, 9.17) is 0 Å². The van der Waals surface area contributed by atoms with Gasteiger partial charge in [0.25, 0.3) is 0 Å². The van der Waals surface area contributed by atoms with Crippen LogP contribution in [0.1, 0.15) is 31.2 Å². The lowest BCUT2D eigenvalue weighted by atomic mass is 9.90. The van der Waals surface area contributed by atoms with E-state index in [0.717, 1.165) is 12.1 Å². The van der Waals surface area contributed by atoms with Crippen molar-refractivity contribution in [2.24, 2.45) is 5.92 Å². The molecule has 2 bridgehead atoms. The van der Waals surface area contributed by atoms with Gasteiger partial charge in [-0.3, -0.25) is 0 Å². The number of nitrogens with zero attached hydrogens (tertiary/aromatic N) is 1. The third kappa shape index (κ3) is 2.22. The summed E-state index contributed by atoms with van der Waals surface area (Å²) in [7, 11) is 2.25. The lowest BCUT2D eigenvalue weighted by Crippen LogP contribution is -2.39. The Labute approximate surface area is 108 Å². The first-order chi connectivity index (χ1) is 8.74. The van der Waals surface area contributed by atoms with Gasteiger partial charge in [0.2, 0.25) is 0 Å². The Balaban J connectivity index is 1.69. The van der Waals surface area contributed by atoms with E-state index in [1.165, 1.54) is 31.7 Å². The number of halogens is 1. The predicted octanol–water partition coefficient (Wildman–Crippen LogP) is 3.71. The van der Waals surface area contributed by atoms with Gasteiger partial charge < -0.3 is 4.90 Å². The molecule has 0 N–H and O–H groups in total. The van der Waals surface area contributed by atoms with Crippen molar-refractivity contribution >= 4 is 6.08 Å². The molecular formula is C16H20FN. The molecule has 2 heterocycles. The van der Waals surface area contributed by atoms with Crippen molar-refractivity contribution in [1.82, 2.24) is 4.90 Å². The minimum atomic E-state index is -0.121. The van der Waals surface area contributed by atoms with E-state index in [1.807, 2.05) is 18.2 Å². The lowest BCUT2D eigenvalue weighted by Gasteiger charge is -2.35. The van der Waals surface area contributed by atoms with E-state index in [2.05, 4.69) is 18.0 Å². The van der Waals surface area contributed by atoms with Gasteiger partial charge in [-0.2, -0.15) is 0 Å². The van der Waals surface area contributed by atoms with E-state index in [1.54, 1.807) is 6.07 Å². The first kappa shape index (κ1) is 11.9. The SMILES string of the molecule is CN1[C@@H]2CC[C@H]1CC(/C=C/c1ccccc1F)C2. The summed E-state index contributed by atoms with van der Waals surface area (Å²) in [4.78, 5) is 2.54. The van der Waals surface area contributed by atoms with Crippen molar-refractivity contribution < 1.29 is 4.39 Å². The Morgan fingerprint density at radius 1 is 1.17 bits per heavy atom. The van der Waals surface area contributed by atoms with Crippen molar-refractivity contribution in [1.29, 1.82) is 0 Å². The molecule has 2 fully saturated rings. The zero-order valence-corrected chi connectivity index (χ0v) is 10.8. The number of hydrogen-bond donors (Lipinski definition) is 0. The van der Waals surface area contributed by atoms with E-state index in [0.29, 0.717) is 11.5 Å². The van der Waals surface area contributed by atoms with Crippen LogP contribution in [0.2, 0.25) is 0 Å². The third-order valence-corrected chi connectivity index (χ3v) is 4.59. The van der Waals surface area contributed by atoms with E-state index >= 15 is 0 Å². The fourth-order valence-corrected chi connectivity index (χ4v) is 3.46. The average Bonchev–Trinajstić information content (AvgIpc) is 2.62. The van der Waals surface area contributed by atoms with Crippen LogP contribution in [0.25, 0.3) is 6.08 Å². The standard InChI is InChI=1S/C16H20FN/c1-18-14-8-9-15(18)11-12(10-14)6-7-13-4-2-3-5-16(13)17/h2-7,12,14-15H,8-11H2,1H3/b7-6+/t12?,14-,15+. The smallest absolute Gasteiger partial charge is 0.130 e. The molecule has 1 unspecified atom stereocenters. The molecular weight excluding hydrogens is 225 g/mol. The predicted molar refractivity (Wildman–Crippen MR) is 72.7 cm³/mol. The summed E-state index contributed by atoms with van der Waals surface area (Å²) in [6.45, 7) is 0. The Kier molecular flexibility index (Phi) is 3.21. The number of allylic oxidation sites excluding steroid dienone is 1. The molecule has 2 aliphatic rings. The van der Waals surface area contributed by atoms with Gasteiger partial charge in [-0.1, -0.05) is 30.4 Å². The van der Waals surface area contributed by atoms with Crippen molar-refractivity contribution in [3.05, 3.63) is 41.7 Å². The molecule has 0 radical (unpaired) electrons. The zero-order chi connectivity index (χ0) is 12.5. The number of rotatable bonds is 2. The Morgan fingerprint density at radius 2 is 1.83 bits per heavy atom. The Hall–Kier alpha value is -1.15. The average molecular weight is 245 g/mol. The Morgan fingerprint density at radius 3 is 2.50 bits per heavy atom. The summed E-state index contributed by atoms with van der Waals surface area (Å²) in [5, 5.41) is 0. The van der Waals surface area contributed by atoms with Gasteiger partial charge in [0, 0.05) is 17.6 Å². The first-order valence-electron chi connectivity index (χ1n) is 6.88. The van der Waals surface area contributed by atoms with Crippen LogP contribution in [0, 0.1) is 11.7 Å². The van der Waals surface area contributed by atoms with E-state index in [-0.39, 0.29) is 5.82 Å². The molecule has 3 rings (SSSR count). The summed E-state index contributed by atoms with van der Waals surface area (Å²) in [5.41, 5.74) is 0.712. The molecule has 0 amide bonds. The number of piperidine rings is 1. The van der Waals surface area contributed by atoms with Crippen LogP contribution in [0.15, 0.2) is 30.3 Å². The molecule has 0 aromatic heterocycles. The highest BCUT2D eigenvalue weighted by Crippen LogP contribution is 2.38. The quantitative estimate of drug-likeness (QED) is 0.767. The normalized spacial score (nSPS) is 32.2. The second kappa shape index (κ2) is 4.85. The maximum absolute atomic E-state index is 13.5. The third-order valence-electron chi connectivity index (χ3n) is 4.59. The number of benzene rings is 1. The summed E-state index contributed by atoms with van der Waals surface area (Å²) in [6.07, 6.45) is 9.33. The van der Waals surface area contributed by atoms with Gasteiger partial charge in [-0.05, 0) is 44.7 Å². The van der Waals surface area contributed by atoms with Crippen LogP contribution in [-0.2, 0) is 0 Å². The molecule has 1 nitrogen and oxygen atoms in total. The molecule has 0 saturated carbocycles. The van der Waals surface area contributed by atoms with Gasteiger partial charge >= 0.3 is 0 Å². The second-order valence-electron chi connectivity index (χ2n) is 5.66. The first-order valence-corrected chi connectivity index (χ1v) is 6.88. The summed E-state index contributed by atoms with van der Waals surface area (Å²) in [6, 6.07) is 8.50. The summed E-state index contributed by atoms with van der Waals surface area (Å²) >= 11 is 0. The molecule has 1 aromatic rings. The Bertz CT molecular complexity index is 440. The highest BCUT2D eigenvalue weighted by atomic mass is 19.1. The van der Waals surface area contributed by atoms with E-state index < -0.39 is 0 Å². The molecule has 96 valence electrons. The molecule has 0 spiro atoms. The van der Waals surface area contributed by atoms with Crippen LogP contribution in [0.4, 0.5) is 4.39 Å². The van der Waals surface area contributed by atoms with Crippen LogP contribution in [0.3, 0.4) is 0 Å². The molecule has 18 heavy (non-hydrogen) atoms. The number of fused-ring (bicyclic) bond motifs is 2. The largest absolute Gasteiger partial charge is 0.300 e. The number of hydrogen-bond acceptors (Lipinski definition) is 1. The molecule has 1 aromatic carbocycles. The van der Waals surface area contributed by atoms with Gasteiger partial charge in [0.05, 0.1) is 0 Å². The minimum absolute atomic E-state index is 0.121. The van der Waals surface area contributed by atoms with Crippen LogP contribution >= 0.6 is 0 Å². The van der Waals surface area contributed by atoms with Crippen LogP contribution in [0.5, 0.6) is 0 Å². The fourth-order valence-electron chi connectivity index (χ4n) is 3.46.